The highest BCUT2D eigenvalue weighted by molar-refractivity contribution is 5.84. The summed E-state index contributed by atoms with van der Waals surface area (Å²) in [7, 11) is 0. The van der Waals surface area contributed by atoms with Crippen LogP contribution in [0.3, 0.4) is 0 Å². The molecule has 1 atom stereocenters. The molecule has 0 radical (unpaired) electrons. The summed E-state index contributed by atoms with van der Waals surface area (Å²) in [6, 6.07) is 21.1. The summed E-state index contributed by atoms with van der Waals surface area (Å²) in [4.78, 5) is 16.6. The molecule has 0 fully saturated rings. The molecule has 0 aliphatic carbocycles. The largest absolute Gasteiger partial charge is 0.481 e. The highest BCUT2D eigenvalue weighted by Gasteiger charge is 2.16. The molecule has 0 bridgehead atoms. The Morgan fingerprint density at radius 3 is 2.68 bits per heavy atom. The maximum atomic E-state index is 12.4. The number of ether oxygens (including phenoxy) is 1. The van der Waals surface area contributed by atoms with E-state index in [0.717, 1.165) is 16.5 Å². The molecule has 0 saturated carbocycles. The van der Waals surface area contributed by atoms with Crippen LogP contribution in [0.4, 0.5) is 0 Å². The molecular formula is C22H19N3O3. The van der Waals surface area contributed by atoms with E-state index in [-0.39, 0.29) is 12.5 Å². The van der Waals surface area contributed by atoms with Crippen LogP contribution in [0.5, 0.6) is 5.75 Å². The van der Waals surface area contributed by atoms with Crippen LogP contribution >= 0.6 is 0 Å². The van der Waals surface area contributed by atoms with Crippen molar-refractivity contribution in [1.82, 2.24) is 15.5 Å². The summed E-state index contributed by atoms with van der Waals surface area (Å²) in [5, 5.41) is 8.98. The molecule has 1 N–H and O–H groups in total. The lowest BCUT2D eigenvalue weighted by Gasteiger charge is -2.14. The zero-order valence-corrected chi connectivity index (χ0v) is 15.3. The van der Waals surface area contributed by atoms with Gasteiger partial charge in [0.25, 0.3) is 5.91 Å². The second-order valence-electron chi connectivity index (χ2n) is 6.38. The van der Waals surface area contributed by atoms with Crippen molar-refractivity contribution >= 4 is 16.7 Å². The van der Waals surface area contributed by atoms with E-state index in [1.165, 1.54) is 0 Å². The molecule has 1 unspecified atom stereocenters. The molecule has 6 heteroatoms. The van der Waals surface area contributed by atoms with Gasteiger partial charge in [0.15, 0.2) is 11.9 Å². The molecular weight excluding hydrogens is 354 g/mol. The number of nitrogens with one attached hydrogen (secondary N) is 1. The number of pyridine rings is 1. The quantitative estimate of drug-likeness (QED) is 0.553. The van der Waals surface area contributed by atoms with Crippen molar-refractivity contribution in [2.75, 3.05) is 0 Å². The molecule has 6 nitrogen and oxygen atoms in total. The summed E-state index contributed by atoms with van der Waals surface area (Å²) in [5.74, 6) is 0.967. The minimum absolute atomic E-state index is 0.226. The van der Waals surface area contributed by atoms with Crippen molar-refractivity contribution < 1.29 is 14.1 Å². The molecule has 2 aromatic heterocycles. The molecule has 2 heterocycles. The van der Waals surface area contributed by atoms with Crippen LogP contribution in [0.2, 0.25) is 0 Å². The molecule has 28 heavy (non-hydrogen) atoms. The van der Waals surface area contributed by atoms with E-state index in [2.05, 4.69) is 15.5 Å². The van der Waals surface area contributed by atoms with E-state index in [4.69, 9.17) is 9.26 Å². The van der Waals surface area contributed by atoms with Gasteiger partial charge in [0, 0.05) is 12.3 Å². The number of hydrogen-bond acceptors (Lipinski definition) is 5. The van der Waals surface area contributed by atoms with Gasteiger partial charge in [-0.1, -0.05) is 41.6 Å². The zero-order chi connectivity index (χ0) is 19.3. The molecule has 1 amide bonds. The average molecular weight is 373 g/mol. The number of hydrogen-bond donors (Lipinski definition) is 1. The monoisotopic (exact) mass is 373 g/mol. The zero-order valence-electron chi connectivity index (χ0n) is 15.3. The summed E-state index contributed by atoms with van der Waals surface area (Å²) < 4.78 is 11.0. The fourth-order valence-electron chi connectivity index (χ4n) is 2.85. The van der Waals surface area contributed by atoms with Gasteiger partial charge in [-0.25, -0.2) is 0 Å². The van der Waals surface area contributed by atoms with Crippen LogP contribution in [-0.2, 0) is 11.3 Å². The predicted molar refractivity (Wildman–Crippen MR) is 106 cm³/mol. The molecule has 4 aromatic rings. The third kappa shape index (κ3) is 4.01. The standard InChI is InChI=1S/C22H19N3O3/c1-15(27-18-10-9-16-6-2-3-7-17(16)12-18)22(26)24-14-19-13-21(25-28-19)20-8-4-5-11-23-20/h2-13,15H,14H2,1H3,(H,24,26). The van der Waals surface area contributed by atoms with Crippen LogP contribution in [0.25, 0.3) is 22.2 Å². The third-order valence-electron chi connectivity index (χ3n) is 4.33. The van der Waals surface area contributed by atoms with Crippen LogP contribution in [0, 0.1) is 0 Å². The first-order chi connectivity index (χ1) is 13.7. The average Bonchev–Trinajstić information content (AvgIpc) is 3.21. The predicted octanol–water partition coefficient (Wildman–Crippen LogP) is 3.97. The topological polar surface area (TPSA) is 77.2 Å². The normalized spacial score (nSPS) is 11.9. The van der Waals surface area contributed by atoms with E-state index in [9.17, 15) is 4.79 Å². The Balaban J connectivity index is 1.35. The molecule has 2 aromatic carbocycles. The van der Waals surface area contributed by atoms with E-state index in [1.807, 2.05) is 60.7 Å². The van der Waals surface area contributed by atoms with Crippen molar-refractivity contribution in [1.29, 1.82) is 0 Å². The number of carbonyl (C=O) groups is 1. The first-order valence-electron chi connectivity index (χ1n) is 8.99. The van der Waals surface area contributed by atoms with Gasteiger partial charge < -0.3 is 14.6 Å². The van der Waals surface area contributed by atoms with Gasteiger partial charge in [-0.3, -0.25) is 9.78 Å². The number of benzene rings is 2. The van der Waals surface area contributed by atoms with Crippen molar-refractivity contribution in [2.45, 2.75) is 19.6 Å². The summed E-state index contributed by atoms with van der Waals surface area (Å²) in [6.07, 6.45) is 1.05. The van der Waals surface area contributed by atoms with Gasteiger partial charge >= 0.3 is 0 Å². The van der Waals surface area contributed by atoms with Crippen molar-refractivity contribution in [3.8, 4) is 17.1 Å². The Kier molecular flexibility index (Phi) is 5.01. The minimum atomic E-state index is -0.639. The Morgan fingerprint density at radius 1 is 1.04 bits per heavy atom. The molecule has 0 saturated heterocycles. The first kappa shape index (κ1) is 17.7. The van der Waals surface area contributed by atoms with Gasteiger partial charge in [0.2, 0.25) is 0 Å². The van der Waals surface area contributed by atoms with Gasteiger partial charge in [-0.15, -0.1) is 0 Å². The van der Waals surface area contributed by atoms with Gasteiger partial charge in [-0.05, 0) is 42.0 Å². The van der Waals surface area contributed by atoms with Crippen molar-refractivity contribution in [2.24, 2.45) is 0 Å². The number of fused-ring (bicyclic) bond motifs is 1. The fraction of sp³-hybridized carbons (Fsp3) is 0.136. The summed E-state index contributed by atoms with van der Waals surface area (Å²) >= 11 is 0. The van der Waals surface area contributed by atoms with Crippen molar-refractivity contribution in [3.63, 3.8) is 0 Å². The maximum absolute atomic E-state index is 12.4. The molecule has 0 aliphatic heterocycles. The van der Waals surface area contributed by atoms with Crippen LogP contribution < -0.4 is 10.1 Å². The maximum Gasteiger partial charge on any atom is 0.261 e. The Morgan fingerprint density at radius 2 is 1.86 bits per heavy atom. The second-order valence-corrected chi connectivity index (χ2v) is 6.38. The van der Waals surface area contributed by atoms with Gasteiger partial charge in [0.05, 0.1) is 12.2 Å². The van der Waals surface area contributed by atoms with Crippen LogP contribution in [0.1, 0.15) is 12.7 Å². The Hall–Kier alpha value is -3.67. The highest BCUT2D eigenvalue weighted by atomic mass is 16.5. The van der Waals surface area contributed by atoms with Gasteiger partial charge in [-0.2, -0.15) is 0 Å². The molecule has 0 aliphatic rings. The van der Waals surface area contributed by atoms with E-state index in [0.29, 0.717) is 17.2 Å². The number of aromatic nitrogens is 2. The summed E-state index contributed by atoms with van der Waals surface area (Å²) in [5.41, 5.74) is 1.35. The lowest BCUT2D eigenvalue weighted by Crippen LogP contribution is -2.35. The van der Waals surface area contributed by atoms with Crippen LogP contribution in [0.15, 0.2) is 77.4 Å². The van der Waals surface area contributed by atoms with Gasteiger partial charge in [0.1, 0.15) is 11.4 Å². The number of amides is 1. The van der Waals surface area contributed by atoms with E-state index in [1.54, 1.807) is 19.2 Å². The third-order valence-corrected chi connectivity index (χ3v) is 4.33. The lowest BCUT2D eigenvalue weighted by atomic mass is 10.1. The lowest BCUT2D eigenvalue weighted by molar-refractivity contribution is -0.127. The fourth-order valence-corrected chi connectivity index (χ4v) is 2.85. The van der Waals surface area contributed by atoms with E-state index >= 15 is 0 Å². The molecule has 4 rings (SSSR count). The molecule has 140 valence electrons. The SMILES string of the molecule is CC(Oc1ccc2ccccc2c1)C(=O)NCc1cc(-c2ccccn2)no1. The van der Waals surface area contributed by atoms with Crippen LogP contribution in [-0.4, -0.2) is 22.2 Å². The second kappa shape index (κ2) is 7.92. The smallest absolute Gasteiger partial charge is 0.261 e. The summed E-state index contributed by atoms with van der Waals surface area (Å²) in [6.45, 7) is 1.94. The Bertz CT molecular complexity index is 1090. The first-order valence-corrected chi connectivity index (χ1v) is 8.99. The highest BCUT2D eigenvalue weighted by Crippen LogP contribution is 2.21. The number of carbonyl (C=O) groups excluding carboxylic acids is 1. The Labute approximate surface area is 162 Å². The number of nitrogens with zero attached hydrogens (tertiary/aromatic N) is 2. The van der Waals surface area contributed by atoms with E-state index < -0.39 is 6.10 Å². The minimum Gasteiger partial charge on any atom is -0.481 e. The number of rotatable bonds is 6. The molecule has 0 spiro atoms. The van der Waals surface area contributed by atoms with Crippen molar-refractivity contribution in [3.05, 3.63) is 78.7 Å².